The van der Waals surface area contributed by atoms with E-state index in [9.17, 15) is 43.2 Å². The van der Waals surface area contributed by atoms with Crippen LogP contribution in [0.25, 0.3) is 26.3 Å². The second kappa shape index (κ2) is 39.6. The van der Waals surface area contributed by atoms with Crippen LogP contribution in [0.15, 0.2) is 87.7 Å². The van der Waals surface area contributed by atoms with Crippen LogP contribution in [0.2, 0.25) is 0 Å². The average Bonchev–Trinajstić information content (AvgIpc) is 0.772. The number of carbonyl (C=O) groups is 5. The number of carboxylic acids is 4. The maximum absolute atomic E-state index is 12.5. The van der Waals surface area contributed by atoms with Gasteiger partial charge in [-0.15, -0.1) is 0 Å². The smallest absolute Gasteiger partial charge is 0.320 e. The van der Waals surface area contributed by atoms with Crippen molar-refractivity contribution in [2.45, 2.75) is 131 Å². The molecular formula is C80H102N24O13. The van der Waals surface area contributed by atoms with Crippen molar-refractivity contribution < 1.29 is 44.4 Å². The quantitative estimate of drug-likeness (QED) is 0.0242. The maximum Gasteiger partial charge on any atom is 0.320 e. The Morgan fingerprint density at radius 1 is 0.359 bits per heavy atom. The summed E-state index contributed by atoms with van der Waals surface area (Å²) in [5.41, 5.74) is 36.5. The van der Waals surface area contributed by atoms with Gasteiger partial charge in [0.2, 0.25) is 5.91 Å². The Kier molecular flexibility index (Phi) is 29.9. The Morgan fingerprint density at radius 3 is 0.897 bits per heavy atom. The molecule has 4 atom stereocenters. The predicted octanol–water partition coefficient (Wildman–Crippen LogP) is -0.547. The van der Waals surface area contributed by atoms with Crippen LogP contribution in [0.1, 0.15) is 95.9 Å². The minimum absolute atomic E-state index is 0.100. The van der Waals surface area contributed by atoms with Gasteiger partial charge in [0.25, 0.3) is 22.2 Å². The molecule has 20 N–H and O–H groups in total. The lowest BCUT2D eigenvalue weighted by molar-refractivity contribution is -0.139. The largest absolute Gasteiger partial charge is 0.480 e. The average molecular weight is 1610 g/mol. The van der Waals surface area contributed by atoms with Crippen LogP contribution in [0, 0.1) is 55.4 Å². The van der Waals surface area contributed by atoms with Gasteiger partial charge in [0, 0.05) is 45.8 Å². The van der Waals surface area contributed by atoms with Crippen LogP contribution >= 0.6 is 0 Å². The highest BCUT2D eigenvalue weighted by atomic mass is 16.4. The van der Waals surface area contributed by atoms with Crippen molar-refractivity contribution >= 4 is 125 Å². The number of unbranched alkanes of at least 4 members (excludes halogenated alkanes) is 1. The summed E-state index contributed by atoms with van der Waals surface area (Å²) >= 11 is 0. The molecule has 4 aliphatic heterocycles. The van der Waals surface area contributed by atoms with Gasteiger partial charge in [-0.05, 0) is 213 Å². The molecule has 0 radical (unpaired) electrons. The molecule has 0 bridgehead atoms. The van der Waals surface area contributed by atoms with E-state index in [0.29, 0.717) is 124 Å². The van der Waals surface area contributed by atoms with Crippen LogP contribution in [0.3, 0.4) is 0 Å². The summed E-state index contributed by atoms with van der Waals surface area (Å²) in [6.45, 7) is 36.6. The molecule has 8 aromatic rings. The number of hydrogen-bond acceptors (Lipinski definition) is 28. The summed E-state index contributed by atoms with van der Waals surface area (Å²) in [4.78, 5) is 159. The predicted molar refractivity (Wildman–Crippen MR) is 446 cm³/mol. The first kappa shape index (κ1) is 88.3. The van der Waals surface area contributed by atoms with Crippen LogP contribution in [-0.4, -0.2) is 186 Å². The molecule has 4 aromatic heterocycles. The lowest BCUT2D eigenvalue weighted by Gasteiger charge is -2.28. The first-order chi connectivity index (χ1) is 55.5. The summed E-state index contributed by atoms with van der Waals surface area (Å²) in [6.07, 6.45) is 4.29. The topological polar surface area (TPSA) is 564 Å². The summed E-state index contributed by atoms with van der Waals surface area (Å²) in [5, 5.41) is 48.8. The van der Waals surface area contributed by atoms with E-state index >= 15 is 0 Å². The molecule has 0 unspecified atom stereocenters. The molecule has 37 nitrogen and oxygen atoms in total. The number of nitrogens with two attached hydrogens (primary N) is 4. The number of aromatic nitrogens is 8. The summed E-state index contributed by atoms with van der Waals surface area (Å²) in [7, 11) is 0. The zero-order chi connectivity index (χ0) is 85.4. The number of aromatic amines is 4. The molecule has 0 saturated carbocycles. The second-order valence-corrected chi connectivity index (χ2v) is 28.9. The number of aryl methyl sites for hydroxylation is 8. The fraction of sp³-hybridized carbons (Fsp3) is 0.388. The highest BCUT2D eigenvalue weighted by molar-refractivity contribution is 5.88. The molecule has 4 aromatic carbocycles. The number of H-pyrrole nitrogens is 4. The molecule has 37 heteroatoms. The zero-order valence-corrected chi connectivity index (χ0v) is 66.8. The molecular weight excluding hydrogens is 1510 g/mol. The molecule has 12 rings (SSSR count). The number of carboxylic acid groups (broad SMARTS) is 4. The number of amides is 1. The Morgan fingerprint density at radius 2 is 0.607 bits per heavy atom. The molecule has 1 amide bonds. The van der Waals surface area contributed by atoms with E-state index in [1.165, 1.54) is 0 Å². The Labute approximate surface area is 670 Å². The van der Waals surface area contributed by atoms with Gasteiger partial charge in [-0.25, -0.2) is 39.9 Å². The van der Waals surface area contributed by atoms with Gasteiger partial charge in [0.15, 0.2) is 44.7 Å². The number of hydrogen-bond donors (Lipinski definition) is 16. The number of carbonyl (C=O) groups excluding carboxylic acids is 1. The van der Waals surface area contributed by atoms with E-state index in [-0.39, 0.29) is 80.4 Å². The van der Waals surface area contributed by atoms with Gasteiger partial charge in [-0.3, -0.25) is 43.2 Å². The molecule has 8 heterocycles. The van der Waals surface area contributed by atoms with Crippen molar-refractivity contribution in [3.63, 3.8) is 0 Å². The third kappa shape index (κ3) is 22.5. The lowest BCUT2D eigenvalue weighted by atomic mass is 10.1. The fourth-order valence-corrected chi connectivity index (χ4v) is 12.8. The van der Waals surface area contributed by atoms with Gasteiger partial charge in [0.1, 0.15) is 52.6 Å². The standard InChI is InChI=1S/C21H28N6O3.2C20H26N6O3.C19H22N6O4/c1-12-10-16-17(11-13(12)2)27(19-18(26-16)20(28)25-14(3)24-19)9-8-23-7-5-4-6-15(22)21(29)30;2*1-11-9-15-16(10-12(11)2)26(8-7-22-6-4-5-14(21)20(28)29)18-17(25-15)19(27)24-13(3)23-18;1-9-6-13-14(7-10(9)2)25(8-15(26)21-5-4-12(20)19(28)29)17-16(24-13)18(27)23-11(3)22-17/h10-11,15,23H,3-9,22H2,1-2H3,(H,25,28)(H,29,30);2*9-10,14,22H,3-8,21H2,1-2H3,(H,24,27)(H,28,29);6-7,12H,3-5,8,20H2,1-2H3,(H,21,26)(H,23,27)(H,28,29)/t15-;2*14-;12-/m1100/s1. The van der Waals surface area contributed by atoms with Gasteiger partial charge < -0.3 is 104 Å². The van der Waals surface area contributed by atoms with Gasteiger partial charge in [0.05, 0.1) is 45.5 Å². The number of anilines is 8. The Balaban J connectivity index is 0.000000178. The number of nitrogens with one attached hydrogen (secondary N) is 8. The lowest BCUT2D eigenvalue weighted by Crippen LogP contribution is -2.45. The van der Waals surface area contributed by atoms with E-state index in [0.717, 1.165) is 98.0 Å². The fourth-order valence-electron chi connectivity index (χ4n) is 12.8. The molecule has 4 aliphatic rings. The number of rotatable bonds is 31. The highest BCUT2D eigenvalue weighted by Crippen LogP contribution is 2.40. The van der Waals surface area contributed by atoms with Gasteiger partial charge in [-0.2, -0.15) is 0 Å². The Bertz CT molecular complexity index is 5700. The van der Waals surface area contributed by atoms with Crippen molar-refractivity contribution in [2.24, 2.45) is 42.9 Å². The molecule has 0 spiro atoms. The zero-order valence-electron chi connectivity index (χ0n) is 66.8. The monoisotopic (exact) mass is 1610 g/mol. The summed E-state index contributed by atoms with van der Waals surface area (Å²) in [6, 6.07) is 12.3. The first-order valence-electron chi connectivity index (χ1n) is 38.1. The van der Waals surface area contributed by atoms with Crippen molar-refractivity contribution in [1.29, 1.82) is 0 Å². The molecule has 0 aliphatic carbocycles. The molecule has 117 heavy (non-hydrogen) atoms. The third-order valence-electron chi connectivity index (χ3n) is 19.9. The van der Waals surface area contributed by atoms with Gasteiger partial charge in [-0.1, -0.05) is 32.7 Å². The second-order valence-electron chi connectivity index (χ2n) is 28.9. The first-order valence-corrected chi connectivity index (χ1v) is 38.1. The third-order valence-corrected chi connectivity index (χ3v) is 19.9. The van der Waals surface area contributed by atoms with Crippen molar-refractivity contribution in [2.75, 3.05) is 91.6 Å². The normalized spacial score (nSPS) is 13.3. The van der Waals surface area contributed by atoms with E-state index in [4.69, 9.17) is 43.4 Å². The highest BCUT2D eigenvalue weighted by Gasteiger charge is 2.30. The maximum atomic E-state index is 12.5. The minimum atomic E-state index is -1.13. The number of fused-ring (bicyclic) bond motifs is 8. The molecule has 620 valence electrons. The van der Waals surface area contributed by atoms with Crippen LogP contribution in [0.5, 0.6) is 0 Å². The summed E-state index contributed by atoms with van der Waals surface area (Å²) < 4.78 is 0. The minimum Gasteiger partial charge on any atom is -0.480 e. The van der Waals surface area contributed by atoms with Crippen LogP contribution < -0.4 is 129 Å². The van der Waals surface area contributed by atoms with Crippen LogP contribution in [0.4, 0.5) is 68.8 Å². The van der Waals surface area contributed by atoms with Gasteiger partial charge >= 0.3 is 23.9 Å². The van der Waals surface area contributed by atoms with Crippen molar-refractivity contribution in [3.05, 3.63) is 178 Å². The number of aliphatic carboxylic acids is 4. The van der Waals surface area contributed by atoms with Crippen molar-refractivity contribution in [3.8, 4) is 0 Å². The van der Waals surface area contributed by atoms with E-state index in [1.807, 2.05) is 100 Å². The van der Waals surface area contributed by atoms with E-state index < -0.39 is 53.6 Å². The number of nitrogens with zero attached hydrogens (tertiary/aromatic N) is 12. The molecule has 0 fully saturated rings. The Hall–Kier alpha value is -12.7. The van der Waals surface area contributed by atoms with Crippen LogP contribution in [-0.2, 0) is 24.0 Å². The SMILES string of the molecule is C=c1nc2c(c(=O)[nH]1)=Nc1cc(C)c(C)cc1N2CC(=O)NCC[C@H](N)C(=O)O.C=c1nc2c(c(=O)[nH]1)=Nc1cc(C)c(C)cc1N2CCNCCCC[C@@H](N)C(=O)O.C=c1nc2c(c(=O)[nH]1)=Nc1cc(C)c(C)cc1N2CCNCCC[C@@H](N)C(=O)O.C=c1nc2c(c(=O)[nH]1)=Nc1cc(C)c(C)cc1N2CCNCCC[C@H](N)C(=O)O. The van der Waals surface area contributed by atoms with E-state index in [1.54, 1.807) is 4.90 Å². The molecule has 0 saturated heterocycles. The summed E-state index contributed by atoms with van der Waals surface area (Å²) in [5.74, 6) is -2.70. The number of benzene rings is 4. The van der Waals surface area contributed by atoms with E-state index in [2.05, 4.69) is 126 Å². The van der Waals surface area contributed by atoms with Crippen molar-refractivity contribution in [1.82, 2.24) is 61.1 Å².